The standard InChI is InChI=1S/C16H14N4O/c1-9-3-2-4-13-19-15(16(17)20(9)13)10-5-6-12-11(7-10)8-14(21)18-12/h2-7H,8,17H2,1H3,(H,18,21). The molecule has 3 heterocycles. The highest BCUT2D eigenvalue weighted by atomic mass is 16.1. The number of nitrogens with two attached hydrogens (primary N) is 1. The van der Waals surface area contributed by atoms with E-state index in [1.807, 2.05) is 47.7 Å². The Balaban J connectivity index is 1.92. The first-order chi connectivity index (χ1) is 10.1. The molecule has 5 nitrogen and oxygen atoms in total. The zero-order valence-corrected chi connectivity index (χ0v) is 11.6. The molecule has 0 fully saturated rings. The number of carbonyl (C=O) groups is 1. The molecule has 21 heavy (non-hydrogen) atoms. The van der Waals surface area contributed by atoms with Gasteiger partial charge >= 0.3 is 0 Å². The van der Waals surface area contributed by atoms with Crippen LogP contribution in [0.3, 0.4) is 0 Å². The molecular formula is C16H14N4O. The van der Waals surface area contributed by atoms with Gasteiger partial charge in [-0.3, -0.25) is 9.20 Å². The third-order valence-corrected chi connectivity index (χ3v) is 3.88. The van der Waals surface area contributed by atoms with Gasteiger partial charge < -0.3 is 11.1 Å². The van der Waals surface area contributed by atoms with Crippen LogP contribution in [0.2, 0.25) is 0 Å². The van der Waals surface area contributed by atoms with Crippen molar-refractivity contribution in [2.75, 3.05) is 11.1 Å². The third kappa shape index (κ3) is 1.71. The van der Waals surface area contributed by atoms with Crippen molar-refractivity contribution in [3.8, 4) is 11.3 Å². The summed E-state index contributed by atoms with van der Waals surface area (Å²) in [7, 11) is 0. The number of carbonyl (C=O) groups excluding carboxylic acids is 1. The maximum atomic E-state index is 11.4. The maximum Gasteiger partial charge on any atom is 0.228 e. The van der Waals surface area contributed by atoms with E-state index >= 15 is 0 Å². The van der Waals surface area contributed by atoms with Gasteiger partial charge in [-0.25, -0.2) is 4.98 Å². The zero-order chi connectivity index (χ0) is 14.6. The predicted molar refractivity (Wildman–Crippen MR) is 82.1 cm³/mol. The van der Waals surface area contributed by atoms with E-state index in [0.29, 0.717) is 12.2 Å². The molecule has 3 aromatic rings. The minimum Gasteiger partial charge on any atom is -0.383 e. The number of aromatic nitrogens is 2. The van der Waals surface area contributed by atoms with E-state index in [1.165, 1.54) is 0 Å². The summed E-state index contributed by atoms with van der Waals surface area (Å²) in [5, 5.41) is 2.83. The van der Waals surface area contributed by atoms with Gasteiger partial charge in [0, 0.05) is 16.9 Å². The number of aryl methyl sites for hydroxylation is 1. The highest BCUT2D eigenvalue weighted by Gasteiger charge is 2.19. The number of imidazole rings is 1. The SMILES string of the molecule is Cc1cccc2nc(-c3ccc4c(c3)CC(=O)N4)c(N)n12. The van der Waals surface area contributed by atoms with Gasteiger partial charge in [0.05, 0.1) is 6.42 Å². The molecule has 1 aliphatic rings. The minimum absolute atomic E-state index is 0.0287. The topological polar surface area (TPSA) is 72.4 Å². The van der Waals surface area contributed by atoms with Gasteiger partial charge in [-0.15, -0.1) is 0 Å². The number of amides is 1. The molecule has 0 atom stereocenters. The molecule has 3 N–H and O–H groups in total. The van der Waals surface area contributed by atoms with E-state index in [1.54, 1.807) is 0 Å². The van der Waals surface area contributed by atoms with Gasteiger partial charge in [-0.2, -0.15) is 0 Å². The number of nitrogens with zero attached hydrogens (tertiary/aromatic N) is 2. The Kier molecular flexibility index (Phi) is 2.33. The van der Waals surface area contributed by atoms with Gasteiger partial charge in [0.15, 0.2) is 0 Å². The summed E-state index contributed by atoms with van der Waals surface area (Å²) in [4.78, 5) is 16.1. The van der Waals surface area contributed by atoms with Crippen LogP contribution in [0.25, 0.3) is 16.9 Å². The Morgan fingerprint density at radius 2 is 2.14 bits per heavy atom. The number of hydrogen-bond acceptors (Lipinski definition) is 3. The minimum atomic E-state index is 0.0287. The fraction of sp³-hybridized carbons (Fsp3) is 0.125. The summed E-state index contributed by atoms with van der Waals surface area (Å²) in [5.74, 6) is 0.654. The van der Waals surface area contributed by atoms with Crippen LogP contribution in [0.1, 0.15) is 11.3 Å². The van der Waals surface area contributed by atoms with Crippen molar-refractivity contribution in [1.29, 1.82) is 0 Å². The zero-order valence-electron chi connectivity index (χ0n) is 11.6. The van der Waals surface area contributed by atoms with E-state index in [4.69, 9.17) is 5.73 Å². The van der Waals surface area contributed by atoms with Crippen molar-refractivity contribution >= 4 is 23.1 Å². The lowest BCUT2D eigenvalue weighted by atomic mass is 10.1. The Hall–Kier alpha value is -2.82. The number of nitrogens with one attached hydrogen (secondary N) is 1. The number of benzene rings is 1. The van der Waals surface area contributed by atoms with Crippen molar-refractivity contribution in [1.82, 2.24) is 9.38 Å². The van der Waals surface area contributed by atoms with Gasteiger partial charge in [0.25, 0.3) is 0 Å². The van der Waals surface area contributed by atoms with Crippen LogP contribution in [0.15, 0.2) is 36.4 Å². The first-order valence-corrected chi connectivity index (χ1v) is 6.80. The number of fused-ring (bicyclic) bond motifs is 2. The second-order valence-electron chi connectivity index (χ2n) is 5.30. The number of anilines is 2. The second kappa shape index (κ2) is 4.09. The monoisotopic (exact) mass is 278 g/mol. The van der Waals surface area contributed by atoms with Crippen LogP contribution in [0, 0.1) is 6.92 Å². The average molecular weight is 278 g/mol. The Morgan fingerprint density at radius 3 is 2.95 bits per heavy atom. The third-order valence-electron chi connectivity index (χ3n) is 3.88. The highest BCUT2D eigenvalue weighted by Crippen LogP contribution is 2.32. The largest absolute Gasteiger partial charge is 0.383 e. The molecule has 0 bridgehead atoms. The molecule has 1 amide bonds. The van der Waals surface area contributed by atoms with E-state index in [0.717, 1.165) is 33.8 Å². The summed E-state index contributed by atoms with van der Waals surface area (Å²) in [6.07, 6.45) is 0.412. The summed E-state index contributed by atoms with van der Waals surface area (Å²) in [5.41, 5.74) is 11.7. The Bertz CT molecular complexity index is 895. The summed E-state index contributed by atoms with van der Waals surface area (Å²) < 4.78 is 1.94. The molecule has 0 unspecified atom stereocenters. The van der Waals surface area contributed by atoms with Crippen molar-refractivity contribution in [3.05, 3.63) is 47.7 Å². The molecule has 0 saturated carbocycles. The first kappa shape index (κ1) is 12.0. The molecule has 0 radical (unpaired) electrons. The predicted octanol–water partition coefficient (Wildman–Crippen LogP) is 2.39. The molecule has 2 aromatic heterocycles. The molecule has 0 saturated heterocycles. The van der Waals surface area contributed by atoms with Crippen LogP contribution < -0.4 is 11.1 Å². The molecule has 4 rings (SSSR count). The fourth-order valence-corrected chi connectivity index (χ4v) is 2.87. The Labute approximate surface area is 121 Å². The lowest BCUT2D eigenvalue weighted by Crippen LogP contribution is -2.03. The fourth-order valence-electron chi connectivity index (χ4n) is 2.87. The van der Waals surface area contributed by atoms with E-state index in [-0.39, 0.29) is 5.91 Å². The van der Waals surface area contributed by atoms with Gasteiger partial charge in [-0.1, -0.05) is 12.1 Å². The quantitative estimate of drug-likeness (QED) is 0.718. The second-order valence-corrected chi connectivity index (χ2v) is 5.30. The molecule has 0 aliphatic carbocycles. The van der Waals surface area contributed by atoms with Gasteiger partial charge in [0.1, 0.15) is 17.2 Å². The van der Waals surface area contributed by atoms with Crippen LogP contribution >= 0.6 is 0 Å². The first-order valence-electron chi connectivity index (χ1n) is 6.80. The summed E-state index contributed by atoms with van der Waals surface area (Å²) >= 11 is 0. The van der Waals surface area contributed by atoms with Gasteiger partial charge in [-0.05, 0) is 36.8 Å². The maximum absolute atomic E-state index is 11.4. The van der Waals surface area contributed by atoms with E-state index < -0.39 is 0 Å². The molecule has 5 heteroatoms. The van der Waals surface area contributed by atoms with Gasteiger partial charge in [0.2, 0.25) is 5.91 Å². The van der Waals surface area contributed by atoms with Crippen molar-refractivity contribution in [2.24, 2.45) is 0 Å². The number of rotatable bonds is 1. The van der Waals surface area contributed by atoms with Crippen molar-refractivity contribution in [2.45, 2.75) is 13.3 Å². The normalized spacial score (nSPS) is 13.5. The molecular weight excluding hydrogens is 264 g/mol. The van der Waals surface area contributed by atoms with Crippen LogP contribution in [-0.2, 0) is 11.2 Å². The summed E-state index contributed by atoms with van der Waals surface area (Å²) in [6.45, 7) is 2.00. The molecule has 1 aromatic carbocycles. The van der Waals surface area contributed by atoms with Crippen molar-refractivity contribution < 1.29 is 4.79 Å². The molecule has 104 valence electrons. The lowest BCUT2D eigenvalue weighted by molar-refractivity contribution is -0.115. The van der Waals surface area contributed by atoms with E-state index in [2.05, 4.69) is 10.3 Å². The summed E-state index contributed by atoms with van der Waals surface area (Å²) in [6, 6.07) is 11.7. The number of nitrogen functional groups attached to an aromatic ring is 1. The number of hydrogen-bond donors (Lipinski definition) is 2. The molecule has 0 spiro atoms. The number of pyridine rings is 1. The smallest absolute Gasteiger partial charge is 0.228 e. The van der Waals surface area contributed by atoms with Crippen LogP contribution in [0.4, 0.5) is 11.5 Å². The van der Waals surface area contributed by atoms with Crippen LogP contribution in [0.5, 0.6) is 0 Å². The van der Waals surface area contributed by atoms with E-state index in [9.17, 15) is 4.79 Å². The van der Waals surface area contributed by atoms with Crippen molar-refractivity contribution in [3.63, 3.8) is 0 Å². The highest BCUT2D eigenvalue weighted by molar-refractivity contribution is 5.99. The molecule has 1 aliphatic heterocycles. The van der Waals surface area contributed by atoms with Crippen LogP contribution in [-0.4, -0.2) is 15.3 Å². The Morgan fingerprint density at radius 1 is 1.29 bits per heavy atom. The lowest BCUT2D eigenvalue weighted by Gasteiger charge is -2.04. The average Bonchev–Trinajstić information content (AvgIpc) is 2.98.